The van der Waals surface area contributed by atoms with Crippen molar-refractivity contribution in [3.05, 3.63) is 51.4 Å². The predicted molar refractivity (Wildman–Crippen MR) is 111 cm³/mol. The second-order valence-corrected chi connectivity index (χ2v) is 7.72. The lowest BCUT2D eigenvalue weighted by Crippen LogP contribution is -1.96. The van der Waals surface area contributed by atoms with Gasteiger partial charge in [0.25, 0.3) is 0 Å². The molecule has 7 heteroatoms. The van der Waals surface area contributed by atoms with Crippen molar-refractivity contribution in [2.45, 2.75) is 19.8 Å². The number of rotatable bonds is 7. The zero-order valence-corrected chi connectivity index (χ0v) is 17.0. The fourth-order valence-corrected chi connectivity index (χ4v) is 4.10. The summed E-state index contributed by atoms with van der Waals surface area (Å²) in [6.45, 7) is 2.27. The number of aromatic hydroxyl groups is 1. The number of aliphatic carboxylic acids is 1. The van der Waals surface area contributed by atoms with Gasteiger partial charge in [0, 0.05) is 6.42 Å². The molecule has 3 rings (SSSR count). The summed E-state index contributed by atoms with van der Waals surface area (Å²) in [5.41, 5.74) is 2.52. The molecule has 0 bridgehead atoms. The minimum absolute atomic E-state index is 0.0132. The summed E-state index contributed by atoms with van der Waals surface area (Å²) >= 11 is 4.87. The number of thiazole rings is 1. The number of allylic oxidation sites excluding steroid dienone is 1. The molecule has 0 aliphatic carbocycles. The Morgan fingerprint density at radius 1 is 1.30 bits per heavy atom. The van der Waals surface area contributed by atoms with Crippen LogP contribution < -0.4 is 4.74 Å². The van der Waals surface area contributed by atoms with E-state index in [2.05, 4.69) is 20.9 Å². The zero-order chi connectivity index (χ0) is 19.4. The average molecular weight is 448 g/mol. The van der Waals surface area contributed by atoms with Crippen LogP contribution in [0, 0.1) is 0 Å². The van der Waals surface area contributed by atoms with Crippen LogP contribution in [-0.4, -0.2) is 27.8 Å². The van der Waals surface area contributed by atoms with Gasteiger partial charge in [0.1, 0.15) is 5.01 Å². The first kappa shape index (κ1) is 19.4. The molecular weight excluding hydrogens is 430 g/mol. The number of carboxylic acids is 1. The fraction of sp³-hybridized carbons (Fsp3) is 0.200. The van der Waals surface area contributed by atoms with E-state index in [-0.39, 0.29) is 12.2 Å². The highest BCUT2D eigenvalue weighted by molar-refractivity contribution is 9.10. The van der Waals surface area contributed by atoms with Crippen molar-refractivity contribution in [1.82, 2.24) is 4.98 Å². The number of hydrogen-bond donors (Lipinski definition) is 2. The first-order valence-corrected chi connectivity index (χ1v) is 10.0. The van der Waals surface area contributed by atoms with Crippen molar-refractivity contribution >= 4 is 55.1 Å². The maximum Gasteiger partial charge on any atom is 0.303 e. The Labute approximate surface area is 169 Å². The van der Waals surface area contributed by atoms with Gasteiger partial charge in [-0.1, -0.05) is 12.1 Å². The fourth-order valence-electron chi connectivity index (χ4n) is 2.64. The number of halogens is 1. The van der Waals surface area contributed by atoms with E-state index in [4.69, 9.17) is 9.84 Å². The SMILES string of the molecule is CCOc1cc(/C=C(\CCC(=O)O)c2nc3ccccc3s2)cc(Br)c1O. The van der Waals surface area contributed by atoms with Crippen LogP contribution in [0.25, 0.3) is 21.9 Å². The number of fused-ring (bicyclic) bond motifs is 1. The van der Waals surface area contributed by atoms with Crippen LogP contribution in [0.5, 0.6) is 11.5 Å². The summed E-state index contributed by atoms with van der Waals surface area (Å²) in [6.07, 6.45) is 2.27. The molecule has 0 radical (unpaired) electrons. The lowest BCUT2D eigenvalue weighted by atomic mass is 10.1. The van der Waals surface area contributed by atoms with E-state index in [1.54, 1.807) is 12.1 Å². The van der Waals surface area contributed by atoms with Crippen LogP contribution in [0.2, 0.25) is 0 Å². The predicted octanol–water partition coefficient (Wildman–Crippen LogP) is 5.57. The molecule has 2 aromatic carbocycles. The molecule has 0 aliphatic heterocycles. The third-order valence-corrected chi connectivity index (χ3v) is 5.58. The van der Waals surface area contributed by atoms with E-state index < -0.39 is 5.97 Å². The van der Waals surface area contributed by atoms with Crippen LogP contribution in [0.4, 0.5) is 0 Å². The molecule has 1 aromatic heterocycles. The molecular formula is C20H18BrNO4S. The van der Waals surface area contributed by atoms with Crippen molar-refractivity contribution in [2.75, 3.05) is 6.61 Å². The number of ether oxygens (including phenoxy) is 1. The second-order valence-electron chi connectivity index (χ2n) is 5.83. The van der Waals surface area contributed by atoms with E-state index in [1.165, 1.54) is 11.3 Å². The van der Waals surface area contributed by atoms with E-state index in [0.29, 0.717) is 23.2 Å². The van der Waals surface area contributed by atoms with Gasteiger partial charge in [0.05, 0.1) is 21.3 Å². The van der Waals surface area contributed by atoms with Gasteiger partial charge in [-0.05, 0) is 70.8 Å². The number of phenolic OH excluding ortho intramolecular Hbond substituents is 1. The minimum Gasteiger partial charge on any atom is -0.503 e. The number of aromatic nitrogens is 1. The molecule has 2 N–H and O–H groups in total. The monoisotopic (exact) mass is 447 g/mol. The lowest BCUT2D eigenvalue weighted by molar-refractivity contribution is -0.136. The van der Waals surface area contributed by atoms with Crippen molar-refractivity contribution in [3.63, 3.8) is 0 Å². The highest BCUT2D eigenvalue weighted by Crippen LogP contribution is 2.37. The highest BCUT2D eigenvalue weighted by Gasteiger charge is 2.13. The van der Waals surface area contributed by atoms with Gasteiger partial charge >= 0.3 is 5.97 Å². The topological polar surface area (TPSA) is 79.7 Å². The first-order valence-electron chi connectivity index (χ1n) is 8.41. The Balaban J connectivity index is 2.05. The smallest absolute Gasteiger partial charge is 0.303 e. The Hall–Kier alpha value is -2.38. The molecule has 0 amide bonds. The van der Waals surface area contributed by atoms with Gasteiger partial charge < -0.3 is 14.9 Å². The number of phenols is 1. The first-order chi connectivity index (χ1) is 13.0. The molecule has 0 unspecified atom stereocenters. The van der Waals surface area contributed by atoms with Gasteiger partial charge in [-0.3, -0.25) is 4.79 Å². The van der Waals surface area contributed by atoms with E-state index in [9.17, 15) is 9.90 Å². The number of nitrogens with zero attached hydrogens (tertiary/aromatic N) is 1. The van der Waals surface area contributed by atoms with Crippen molar-refractivity contribution in [2.24, 2.45) is 0 Å². The van der Waals surface area contributed by atoms with Crippen molar-refractivity contribution in [3.8, 4) is 11.5 Å². The Morgan fingerprint density at radius 2 is 2.07 bits per heavy atom. The standard InChI is InChI=1S/C20H18BrNO4S/c1-2-26-16-11-12(10-14(21)19(16)25)9-13(7-8-18(23)24)20-22-15-5-3-4-6-17(15)27-20/h3-6,9-11,25H,2,7-8H2,1H3,(H,23,24)/b13-9+. The average Bonchev–Trinajstić information content (AvgIpc) is 3.06. The largest absolute Gasteiger partial charge is 0.503 e. The molecule has 0 saturated carbocycles. The number of carboxylic acid groups (broad SMARTS) is 1. The molecule has 0 aliphatic rings. The zero-order valence-electron chi connectivity index (χ0n) is 14.6. The second kappa shape index (κ2) is 8.54. The Morgan fingerprint density at radius 3 is 2.78 bits per heavy atom. The van der Waals surface area contributed by atoms with E-state index >= 15 is 0 Å². The van der Waals surface area contributed by atoms with Crippen LogP contribution in [0.1, 0.15) is 30.3 Å². The maximum absolute atomic E-state index is 11.1. The summed E-state index contributed by atoms with van der Waals surface area (Å²) in [5, 5.41) is 20.0. The summed E-state index contributed by atoms with van der Waals surface area (Å²) in [6, 6.07) is 11.3. The van der Waals surface area contributed by atoms with Gasteiger partial charge in [-0.15, -0.1) is 11.3 Å². The normalized spacial score (nSPS) is 11.7. The molecule has 0 saturated heterocycles. The highest BCUT2D eigenvalue weighted by atomic mass is 79.9. The molecule has 1 heterocycles. The van der Waals surface area contributed by atoms with Crippen LogP contribution in [-0.2, 0) is 4.79 Å². The molecule has 27 heavy (non-hydrogen) atoms. The lowest BCUT2D eigenvalue weighted by Gasteiger charge is -2.10. The molecule has 140 valence electrons. The quantitative estimate of drug-likeness (QED) is 0.494. The molecule has 0 spiro atoms. The Bertz CT molecular complexity index is 979. The molecule has 5 nitrogen and oxygen atoms in total. The molecule has 3 aromatic rings. The van der Waals surface area contributed by atoms with Crippen LogP contribution in [0.3, 0.4) is 0 Å². The summed E-state index contributed by atoms with van der Waals surface area (Å²) in [4.78, 5) is 15.7. The van der Waals surface area contributed by atoms with Gasteiger partial charge in [-0.25, -0.2) is 4.98 Å². The number of hydrogen-bond acceptors (Lipinski definition) is 5. The van der Waals surface area contributed by atoms with Crippen molar-refractivity contribution in [1.29, 1.82) is 0 Å². The number of carbonyl (C=O) groups is 1. The van der Waals surface area contributed by atoms with Crippen LogP contribution >= 0.6 is 27.3 Å². The summed E-state index contributed by atoms with van der Waals surface area (Å²) < 4.78 is 7.04. The third-order valence-electron chi connectivity index (χ3n) is 3.87. The van der Waals surface area contributed by atoms with E-state index in [1.807, 2.05) is 37.3 Å². The summed E-state index contributed by atoms with van der Waals surface area (Å²) in [7, 11) is 0. The molecule has 0 atom stereocenters. The number of benzene rings is 2. The maximum atomic E-state index is 11.1. The minimum atomic E-state index is -0.857. The van der Waals surface area contributed by atoms with Gasteiger partial charge in [0.2, 0.25) is 0 Å². The van der Waals surface area contributed by atoms with E-state index in [0.717, 1.165) is 26.4 Å². The van der Waals surface area contributed by atoms with Gasteiger partial charge in [0.15, 0.2) is 11.5 Å². The van der Waals surface area contributed by atoms with Crippen molar-refractivity contribution < 1.29 is 19.7 Å². The summed E-state index contributed by atoms with van der Waals surface area (Å²) in [5.74, 6) is -0.440. The Kier molecular flexibility index (Phi) is 6.13. The van der Waals surface area contributed by atoms with Crippen LogP contribution in [0.15, 0.2) is 40.9 Å². The third kappa shape index (κ3) is 4.67. The van der Waals surface area contributed by atoms with Gasteiger partial charge in [-0.2, -0.15) is 0 Å². The molecule has 0 fully saturated rings. The number of para-hydroxylation sites is 1.